The molecule has 1 aromatic heterocycles. The summed E-state index contributed by atoms with van der Waals surface area (Å²) in [5.41, 5.74) is 2.20. The van der Waals surface area contributed by atoms with E-state index in [1.165, 1.54) is 29.1 Å². The van der Waals surface area contributed by atoms with Gasteiger partial charge in [0.25, 0.3) is 5.56 Å². The van der Waals surface area contributed by atoms with E-state index < -0.39 is 12.0 Å². The fourth-order valence-electron chi connectivity index (χ4n) is 4.94. The Morgan fingerprint density at radius 2 is 1.79 bits per heavy atom. The summed E-state index contributed by atoms with van der Waals surface area (Å²) in [5.74, 6) is 0.600. The molecule has 0 saturated carbocycles. The van der Waals surface area contributed by atoms with Crippen LogP contribution in [0.1, 0.15) is 43.0 Å². The molecule has 1 N–H and O–H groups in total. The molecule has 0 spiro atoms. The number of hydrogen-bond donors (Lipinski definition) is 1. The monoisotopic (exact) mass is 600 g/mol. The maximum Gasteiger partial charge on any atom is 0.338 e. The van der Waals surface area contributed by atoms with Gasteiger partial charge in [0.05, 0.1) is 43.2 Å². The van der Waals surface area contributed by atoms with Gasteiger partial charge in [0.15, 0.2) is 27.8 Å². The van der Waals surface area contributed by atoms with Gasteiger partial charge >= 0.3 is 5.97 Å². The largest absolute Gasteiger partial charge is 0.504 e. The van der Waals surface area contributed by atoms with E-state index in [0.717, 1.165) is 6.42 Å². The number of thiazole rings is 1. The van der Waals surface area contributed by atoms with Crippen molar-refractivity contribution in [1.82, 2.24) is 4.57 Å². The SMILES string of the molecule is CCCOc1c(OC)cccc1[C@H]1C(C(=O)OCC)=C(c2ccccc2)N=c2s/c(=C/c3ccc(O)c(OC)c3)c(=O)n21. The number of rotatable bonds is 10. The lowest BCUT2D eigenvalue weighted by molar-refractivity contribution is -0.138. The third-order valence-corrected chi connectivity index (χ3v) is 7.83. The summed E-state index contributed by atoms with van der Waals surface area (Å²) in [5, 5.41) is 10.1. The first-order chi connectivity index (χ1) is 20.9. The number of carbonyl (C=O) groups is 1. The predicted molar refractivity (Wildman–Crippen MR) is 164 cm³/mol. The normalized spacial score (nSPS) is 14.6. The Morgan fingerprint density at radius 1 is 1.02 bits per heavy atom. The van der Waals surface area contributed by atoms with Gasteiger partial charge in [-0.2, -0.15) is 0 Å². The molecule has 2 heterocycles. The molecule has 0 saturated heterocycles. The van der Waals surface area contributed by atoms with Gasteiger partial charge in [-0.1, -0.05) is 66.8 Å². The first-order valence-electron chi connectivity index (χ1n) is 13.9. The molecule has 10 heteroatoms. The standard InChI is InChI=1S/C33H32N2O7S/c1-5-17-42-30-22(13-10-14-24(30)39-3)29-27(32(38)41-6-2)28(21-11-8-7-9-12-21)34-33-35(29)31(37)26(43-33)19-20-15-16-23(36)25(18-20)40-4/h7-16,18-19,29,36H,5-6,17H2,1-4H3/b26-19+/t29-/m0/s1. The molecule has 0 radical (unpaired) electrons. The first kappa shape index (κ1) is 29.7. The number of esters is 1. The van der Waals surface area contributed by atoms with Gasteiger partial charge in [-0.05, 0) is 43.2 Å². The zero-order chi connectivity index (χ0) is 30.5. The number of aromatic nitrogens is 1. The molecular weight excluding hydrogens is 568 g/mol. The third-order valence-electron chi connectivity index (χ3n) is 6.85. The highest BCUT2D eigenvalue weighted by Crippen LogP contribution is 2.42. The Balaban J connectivity index is 1.86. The van der Waals surface area contributed by atoms with Crippen molar-refractivity contribution in [1.29, 1.82) is 0 Å². The van der Waals surface area contributed by atoms with E-state index in [2.05, 4.69) is 0 Å². The van der Waals surface area contributed by atoms with Crippen LogP contribution in [0.4, 0.5) is 0 Å². The number of para-hydroxylation sites is 1. The second-order valence-corrected chi connectivity index (χ2v) is 10.6. The van der Waals surface area contributed by atoms with Gasteiger partial charge in [-0.3, -0.25) is 9.36 Å². The second-order valence-electron chi connectivity index (χ2n) is 9.59. The maximum absolute atomic E-state index is 14.2. The van der Waals surface area contributed by atoms with E-state index in [9.17, 15) is 14.7 Å². The number of phenols is 1. The minimum atomic E-state index is -0.927. The van der Waals surface area contributed by atoms with E-state index >= 15 is 0 Å². The summed E-state index contributed by atoms with van der Waals surface area (Å²) in [4.78, 5) is 33.3. The molecule has 0 aliphatic carbocycles. The van der Waals surface area contributed by atoms with Gasteiger partial charge < -0.3 is 24.1 Å². The lowest BCUT2D eigenvalue weighted by atomic mass is 9.92. The Hall–Kier alpha value is -4.83. The van der Waals surface area contributed by atoms with Crippen LogP contribution in [0.2, 0.25) is 0 Å². The first-order valence-corrected chi connectivity index (χ1v) is 14.7. The zero-order valence-electron chi connectivity index (χ0n) is 24.3. The molecule has 0 unspecified atom stereocenters. The fourth-order valence-corrected chi connectivity index (χ4v) is 5.94. The van der Waals surface area contributed by atoms with E-state index in [4.69, 9.17) is 23.9 Å². The highest BCUT2D eigenvalue weighted by Gasteiger charge is 2.37. The maximum atomic E-state index is 14.2. The van der Waals surface area contributed by atoms with Crippen molar-refractivity contribution in [2.75, 3.05) is 27.4 Å². The Kier molecular flexibility index (Phi) is 8.96. The highest BCUT2D eigenvalue weighted by molar-refractivity contribution is 7.07. The van der Waals surface area contributed by atoms with Crippen LogP contribution in [0, 0.1) is 0 Å². The Labute approximate surface area is 252 Å². The second kappa shape index (κ2) is 13.0. The van der Waals surface area contributed by atoms with Crippen LogP contribution in [0.3, 0.4) is 0 Å². The number of aromatic hydroxyl groups is 1. The number of ether oxygens (including phenoxy) is 4. The average Bonchev–Trinajstić information content (AvgIpc) is 3.34. The summed E-state index contributed by atoms with van der Waals surface area (Å²) < 4.78 is 24.6. The van der Waals surface area contributed by atoms with Crippen molar-refractivity contribution in [2.24, 2.45) is 4.99 Å². The fraction of sp³-hybridized carbons (Fsp3) is 0.242. The van der Waals surface area contributed by atoms with Crippen LogP contribution < -0.4 is 29.1 Å². The smallest absolute Gasteiger partial charge is 0.338 e. The van der Waals surface area contributed by atoms with Gasteiger partial charge in [0, 0.05) is 11.1 Å². The van der Waals surface area contributed by atoms with Crippen LogP contribution in [0.15, 0.2) is 82.1 Å². The molecule has 3 aromatic carbocycles. The lowest BCUT2D eigenvalue weighted by Gasteiger charge is -2.27. The van der Waals surface area contributed by atoms with E-state index in [1.54, 1.807) is 44.4 Å². The lowest BCUT2D eigenvalue weighted by Crippen LogP contribution is -2.40. The van der Waals surface area contributed by atoms with Crippen LogP contribution in [-0.2, 0) is 9.53 Å². The predicted octanol–water partition coefficient (Wildman–Crippen LogP) is 4.45. The third kappa shape index (κ3) is 5.78. The number of nitrogens with zero attached hydrogens (tertiary/aromatic N) is 2. The van der Waals surface area contributed by atoms with Gasteiger partial charge in [-0.25, -0.2) is 9.79 Å². The van der Waals surface area contributed by atoms with Crippen molar-refractivity contribution in [3.8, 4) is 23.0 Å². The molecule has 1 aliphatic rings. The molecule has 0 bridgehead atoms. The number of carbonyl (C=O) groups excluding carboxylic acids is 1. The summed E-state index contributed by atoms with van der Waals surface area (Å²) in [6.07, 6.45) is 2.45. The van der Waals surface area contributed by atoms with E-state index in [0.29, 0.717) is 49.8 Å². The highest BCUT2D eigenvalue weighted by atomic mass is 32.1. The van der Waals surface area contributed by atoms with E-state index in [-0.39, 0.29) is 29.2 Å². The van der Waals surface area contributed by atoms with Crippen LogP contribution >= 0.6 is 11.3 Å². The Morgan fingerprint density at radius 3 is 2.49 bits per heavy atom. The molecule has 5 rings (SSSR count). The molecule has 4 aromatic rings. The minimum absolute atomic E-state index is 0.00896. The molecule has 43 heavy (non-hydrogen) atoms. The summed E-state index contributed by atoms with van der Waals surface area (Å²) in [7, 11) is 3.01. The number of benzene rings is 3. The summed E-state index contributed by atoms with van der Waals surface area (Å²) in [6, 6.07) is 18.7. The van der Waals surface area contributed by atoms with Crippen molar-refractivity contribution < 1.29 is 28.8 Å². The van der Waals surface area contributed by atoms with Gasteiger partial charge in [0.1, 0.15) is 6.04 Å². The molecule has 0 fully saturated rings. The number of hydrogen-bond acceptors (Lipinski definition) is 9. The van der Waals surface area contributed by atoms with Crippen molar-refractivity contribution in [2.45, 2.75) is 26.3 Å². The summed E-state index contributed by atoms with van der Waals surface area (Å²) >= 11 is 1.20. The van der Waals surface area contributed by atoms with E-state index in [1.807, 2.05) is 43.3 Å². The van der Waals surface area contributed by atoms with Gasteiger partial charge in [0.2, 0.25) is 0 Å². The topological polar surface area (TPSA) is 109 Å². The van der Waals surface area contributed by atoms with Gasteiger partial charge in [-0.15, -0.1) is 0 Å². The van der Waals surface area contributed by atoms with Crippen LogP contribution in [0.25, 0.3) is 11.8 Å². The molecular formula is C33H32N2O7S. The number of methoxy groups -OCH3 is 2. The minimum Gasteiger partial charge on any atom is -0.504 e. The molecule has 9 nitrogen and oxygen atoms in total. The molecule has 0 amide bonds. The number of phenolic OH excluding ortho intramolecular Hbond substituents is 1. The molecule has 222 valence electrons. The zero-order valence-corrected chi connectivity index (χ0v) is 25.1. The van der Waals surface area contributed by atoms with Crippen molar-refractivity contribution >= 4 is 29.1 Å². The summed E-state index contributed by atoms with van der Waals surface area (Å²) in [6.45, 7) is 4.27. The van der Waals surface area contributed by atoms with Crippen molar-refractivity contribution in [3.05, 3.63) is 109 Å². The van der Waals surface area contributed by atoms with Crippen LogP contribution in [-0.4, -0.2) is 43.1 Å². The van der Waals surface area contributed by atoms with Crippen molar-refractivity contribution in [3.63, 3.8) is 0 Å². The number of fused-ring (bicyclic) bond motifs is 1. The Bertz CT molecular complexity index is 1860. The average molecular weight is 601 g/mol. The molecule has 1 atom stereocenters. The quantitative estimate of drug-likeness (QED) is 0.268. The van der Waals surface area contributed by atoms with Crippen LogP contribution in [0.5, 0.6) is 23.0 Å². The molecule has 1 aliphatic heterocycles.